The molecule has 4 heteroatoms. The van der Waals surface area contributed by atoms with Gasteiger partial charge < -0.3 is 5.11 Å². The van der Waals surface area contributed by atoms with Crippen LogP contribution in [0.1, 0.15) is 5.56 Å². The van der Waals surface area contributed by atoms with Gasteiger partial charge in [0.15, 0.2) is 0 Å². The molecule has 14 heavy (non-hydrogen) atoms. The molecule has 2 aromatic rings. The first kappa shape index (κ1) is 9.43. The SMILES string of the molecule is O=C(O)Cc1ccsc1-c1cccs1. The van der Waals surface area contributed by atoms with Crippen LogP contribution in [0.4, 0.5) is 0 Å². The Balaban J connectivity index is 2.35. The molecule has 2 nitrogen and oxygen atoms in total. The van der Waals surface area contributed by atoms with Crippen LogP contribution in [0, 0.1) is 0 Å². The molecular formula is C10H8O2S2. The van der Waals surface area contributed by atoms with E-state index >= 15 is 0 Å². The van der Waals surface area contributed by atoms with Gasteiger partial charge in [-0.2, -0.15) is 0 Å². The van der Waals surface area contributed by atoms with Crippen molar-refractivity contribution in [2.24, 2.45) is 0 Å². The second-order valence-electron chi connectivity index (χ2n) is 2.82. The van der Waals surface area contributed by atoms with E-state index < -0.39 is 5.97 Å². The zero-order chi connectivity index (χ0) is 9.97. The quantitative estimate of drug-likeness (QED) is 0.869. The molecule has 0 fully saturated rings. The fourth-order valence-corrected chi connectivity index (χ4v) is 3.09. The van der Waals surface area contributed by atoms with Gasteiger partial charge in [0, 0.05) is 9.75 Å². The summed E-state index contributed by atoms with van der Waals surface area (Å²) in [4.78, 5) is 12.8. The maximum atomic E-state index is 10.6. The molecule has 0 aliphatic carbocycles. The van der Waals surface area contributed by atoms with Crippen LogP contribution in [0.15, 0.2) is 29.0 Å². The largest absolute Gasteiger partial charge is 0.481 e. The van der Waals surface area contributed by atoms with Crippen LogP contribution >= 0.6 is 22.7 Å². The van der Waals surface area contributed by atoms with Crippen molar-refractivity contribution in [3.05, 3.63) is 34.5 Å². The Morgan fingerprint density at radius 1 is 1.29 bits per heavy atom. The summed E-state index contributed by atoms with van der Waals surface area (Å²) in [6.45, 7) is 0. The van der Waals surface area contributed by atoms with Gasteiger partial charge in [0.05, 0.1) is 6.42 Å². The van der Waals surface area contributed by atoms with Crippen molar-refractivity contribution >= 4 is 28.6 Å². The Hall–Kier alpha value is -1.13. The smallest absolute Gasteiger partial charge is 0.307 e. The highest BCUT2D eigenvalue weighted by Gasteiger charge is 2.10. The van der Waals surface area contributed by atoms with Crippen LogP contribution in [0.2, 0.25) is 0 Å². The van der Waals surface area contributed by atoms with E-state index in [9.17, 15) is 4.79 Å². The predicted octanol–water partition coefficient (Wildman–Crippen LogP) is 3.10. The second-order valence-corrected chi connectivity index (χ2v) is 4.69. The highest BCUT2D eigenvalue weighted by atomic mass is 32.1. The second kappa shape index (κ2) is 3.94. The topological polar surface area (TPSA) is 37.3 Å². The summed E-state index contributed by atoms with van der Waals surface area (Å²) in [7, 11) is 0. The van der Waals surface area contributed by atoms with Crippen LogP contribution in [0.3, 0.4) is 0 Å². The monoisotopic (exact) mass is 224 g/mol. The Bertz CT molecular complexity index is 429. The number of aliphatic carboxylic acids is 1. The van der Waals surface area contributed by atoms with Crippen LogP contribution in [-0.2, 0) is 11.2 Å². The maximum absolute atomic E-state index is 10.6. The van der Waals surface area contributed by atoms with E-state index in [1.807, 2.05) is 29.0 Å². The first-order chi connectivity index (χ1) is 6.77. The Morgan fingerprint density at radius 2 is 2.14 bits per heavy atom. The lowest BCUT2D eigenvalue weighted by molar-refractivity contribution is -0.136. The maximum Gasteiger partial charge on any atom is 0.307 e. The number of carbonyl (C=O) groups is 1. The van der Waals surface area contributed by atoms with Gasteiger partial charge in [-0.1, -0.05) is 6.07 Å². The van der Waals surface area contributed by atoms with Crippen LogP contribution in [0.5, 0.6) is 0 Å². The standard InChI is InChI=1S/C10H8O2S2/c11-9(12)6-7-3-5-14-10(7)8-2-1-4-13-8/h1-5H,6H2,(H,11,12). The summed E-state index contributed by atoms with van der Waals surface area (Å²) in [5, 5.41) is 12.7. The first-order valence-corrected chi connectivity index (χ1v) is 5.85. The number of carboxylic acids is 1. The van der Waals surface area contributed by atoms with E-state index in [0.717, 1.165) is 15.3 Å². The molecule has 0 aromatic carbocycles. The fraction of sp³-hybridized carbons (Fsp3) is 0.100. The third-order valence-corrected chi connectivity index (χ3v) is 3.84. The molecule has 0 spiro atoms. The summed E-state index contributed by atoms with van der Waals surface area (Å²) in [5.41, 5.74) is 0.907. The van der Waals surface area contributed by atoms with Gasteiger partial charge in [-0.15, -0.1) is 22.7 Å². The van der Waals surface area contributed by atoms with E-state index in [0.29, 0.717) is 0 Å². The van der Waals surface area contributed by atoms with Gasteiger partial charge in [0.2, 0.25) is 0 Å². The molecule has 0 aliphatic heterocycles. The number of thiophene rings is 2. The highest BCUT2D eigenvalue weighted by molar-refractivity contribution is 7.20. The van der Waals surface area contributed by atoms with Gasteiger partial charge in [0.25, 0.3) is 0 Å². The molecular weight excluding hydrogens is 216 g/mol. The van der Waals surface area contributed by atoms with Crippen molar-refractivity contribution < 1.29 is 9.90 Å². The molecule has 0 saturated carbocycles. The molecule has 0 bridgehead atoms. The Kier molecular flexibility index (Phi) is 2.65. The van der Waals surface area contributed by atoms with Crippen LogP contribution in [0.25, 0.3) is 9.75 Å². The fourth-order valence-electron chi connectivity index (χ4n) is 1.26. The third-order valence-electron chi connectivity index (χ3n) is 1.83. The minimum Gasteiger partial charge on any atom is -0.481 e. The molecule has 0 radical (unpaired) electrons. The van der Waals surface area contributed by atoms with E-state index in [-0.39, 0.29) is 6.42 Å². The van der Waals surface area contributed by atoms with Crippen molar-refractivity contribution in [3.8, 4) is 9.75 Å². The van der Waals surface area contributed by atoms with Crippen molar-refractivity contribution in [2.45, 2.75) is 6.42 Å². The Labute approximate surface area is 89.5 Å². The van der Waals surface area contributed by atoms with E-state index in [1.54, 1.807) is 22.7 Å². The van der Waals surface area contributed by atoms with E-state index in [1.165, 1.54) is 0 Å². The molecule has 1 N–H and O–H groups in total. The number of hydrogen-bond acceptors (Lipinski definition) is 3. The zero-order valence-corrected chi connectivity index (χ0v) is 8.90. The lowest BCUT2D eigenvalue weighted by atomic mass is 10.2. The average Bonchev–Trinajstić information content (AvgIpc) is 2.70. The molecule has 72 valence electrons. The van der Waals surface area contributed by atoms with Crippen molar-refractivity contribution in [2.75, 3.05) is 0 Å². The van der Waals surface area contributed by atoms with Crippen molar-refractivity contribution in [1.82, 2.24) is 0 Å². The molecule has 0 aliphatic rings. The highest BCUT2D eigenvalue weighted by Crippen LogP contribution is 2.33. The normalized spacial score (nSPS) is 10.3. The van der Waals surface area contributed by atoms with Gasteiger partial charge >= 0.3 is 5.97 Å². The molecule has 0 unspecified atom stereocenters. The number of hydrogen-bond donors (Lipinski definition) is 1. The number of rotatable bonds is 3. The van der Waals surface area contributed by atoms with Gasteiger partial charge in [0.1, 0.15) is 0 Å². The minimum absolute atomic E-state index is 0.108. The molecule has 2 heterocycles. The lowest BCUT2D eigenvalue weighted by Gasteiger charge is -1.97. The van der Waals surface area contributed by atoms with Crippen molar-refractivity contribution in [3.63, 3.8) is 0 Å². The minimum atomic E-state index is -0.777. The molecule has 0 atom stereocenters. The average molecular weight is 224 g/mol. The number of carboxylic acid groups (broad SMARTS) is 1. The lowest BCUT2D eigenvalue weighted by Crippen LogP contribution is -1.99. The van der Waals surface area contributed by atoms with Crippen molar-refractivity contribution in [1.29, 1.82) is 0 Å². The summed E-state index contributed by atoms with van der Waals surface area (Å²) < 4.78 is 0. The zero-order valence-electron chi connectivity index (χ0n) is 7.27. The molecule has 2 rings (SSSR count). The Morgan fingerprint density at radius 3 is 2.79 bits per heavy atom. The van der Waals surface area contributed by atoms with Crippen LogP contribution < -0.4 is 0 Å². The molecule has 0 saturated heterocycles. The summed E-state index contributed by atoms with van der Waals surface area (Å²) in [5.74, 6) is -0.777. The summed E-state index contributed by atoms with van der Waals surface area (Å²) in [6.07, 6.45) is 0.108. The first-order valence-electron chi connectivity index (χ1n) is 4.09. The summed E-state index contributed by atoms with van der Waals surface area (Å²) >= 11 is 3.24. The predicted molar refractivity (Wildman–Crippen MR) is 59.0 cm³/mol. The van der Waals surface area contributed by atoms with E-state index in [4.69, 9.17) is 5.11 Å². The molecule has 2 aromatic heterocycles. The van der Waals surface area contributed by atoms with Crippen LogP contribution in [-0.4, -0.2) is 11.1 Å². The molecule has 0 amide bonds. The summed E-state index contributed by atoms with van der Waals surface area (Å²) in [6, 6.07) is 5.87. The van der Waals surface area contributed by atoms with E-state index in [2.05, 4.69) is 0 Å². The van der Waals surface area contributed by atoms with Gasteiger partial charge in [-0.3, -0.25) is 4.79 Å². The van der Waals surface area contributed by atoms with Gasteiger partial charge in [-0.25, -0.2) is 0 Å². The van der Waals surface area contributed by atoms with Gasteiger partial charge in [-0.05, 0) is 28.5 Å². The third kappa shape index (κ3) is 1.86.